The highest BCUT2D eigenvalue weighted by Crippen LogP contribution is 2.23. The van der Waals surface area contributed by atoms with Crippen LogP contribution in [0.25, 0.3) is 0 Å². The van der Waals surface area contributed by atoms with E-state index in [9.17, 15) is 0 Å². The SMILES string of the molecule is CCc1nc(Oc2cc(NN=C3CCCCC3C)nc(C)n2)nc(N2CCN(C)CC2)n1. The molecule has 1 N–H and O–H groups in total. The summed E-state index contributed by atoms with van der Waals surface area (Å²) in [5, 5.41) is 4.60. The summed E-state index contributed by atoms with van der Waals surface area (Å²) in [6.45, 7) is 9.79. The first kappa shape index (κ1) is 22.3. The van der Waals surface area contributed by atoms with Gasteiger partial charge in [0.05, 0.1) is 0 Å². The maximum absolute atomic E-state index is 5.97. The second kappa shape index (κ2) is 10.2. The molecule has 1 unspecified atom stereocenters. The summed E-state index contributed by atoms with van der Waals surface area (Å²) >= 11 is 0. The molecule has 4 rings (SSSR count). The first-order chi connectivity index (χ1) is 15.5. The van der Waals surface area contributed by atoms with E-state index in [1.165, 1.54) is 25.0 Å². The fourth-order valence-electron chi connectivity index (χ4n) is 3.95. The number of nitrogens with zero attached hydrogens (tertiary/aromatic N) is 8. The molecule has 2 aromatic rings. The predicted molar refractivity (Wildman–Crippen MR) is 124 cm³/mol. The summed E-state index contributed by atoms with van der Waals surface area (Å²) in [4.78, 5) is 26.9. The van der Waals surface area contributed by atoms with E-state index in [0.717, 1.165) is 32.6 Å². The van der Waals surface area contributed by atoms with E-state index in [4.69, 9.17) is 4.74 Å². The van der Waals surface area contributed by atoms with Gasteiger partial charge in [0, 0.05) is 44.4 Å². The average molecular weight is 440 g/mol. The standard InChI is InChI=1S/C22H33N9O/c1-5-18-25-21(31-12-10-30(4)11-13-31)27-22(26-18)32-20-14-19(23-16(3)24-20)29-28-17-9-7-6-8-15(17)2/h14-15H,5-13H2,1-4H3,(H,23,24,29). The minimum Gasteiger partial charge on any atom is -0.405 e. The van der Waals surface area contributed by atoms with Gasteiger partial charge in [-0.15, -0.1) is 0 Å². The third kappa shape index (κ3) is 5.67. The van der Waals surface area contributed by atoms with Gasteiger partial charge in [0.15, 0.2) is 5.82 Å². The van der Waals surface area contributed by atoms with Crippen molar-refractivity contribution in [3.63, 3.8) is 0 Å². The number of hydrogen-bond donors (Lipinski definition) is 1. The van der Waals surface area contributed by atoms with Crippen molar-refractivity contribution in [2.75, 3.05) is 43.6 Å². The Balaban J connectivity index is 1.52. The van der Waals surface area contributed by atoms with Crippen LogP contribution in [0, 0.1) is 12.8 Å². The molecule has 1 atom stereocenters. The molecule has 0 radical (unpaired) electrons. The van der Waals surface area contributed by atoms with Crippen LogP contribution in [0.1, 0.15) is 51.2 Å². The molecule has 1 saturated heterocycles. The summed E-state index contributed by atoms with van der Waals surface area (Å²) in [5.41, 5.74) is 4.28. The third-order valence-electron chi connectivity index (χ3n) is 5.97. The molecule has 1 aliphatic heterocycles. The Labute approximate surface area is 189 Å². The molecule has 0 spiro atoms. The van der Waals surface area contributed by atoms with Crippen LogP contribution in [0.3, 0.4) is 0 Å². The smallest absolute Gasteiger partial charge is 0.328 e. The molecular weight excluding hydrogens is 406 g/mol. The van der Waals surface area contributed by atoms with E-state index in [0.29, 0.717) is 41.6 Å². The Hall–Kier alpha value is -2.88. The fraction of sp³-hybridized carbons (Fsp3) is 0.636. The maximum Gasteiger partial charge on any atom is 0.328 e. The molecule has 0 bridgehead atoms. The number of ether oxygens (including phenoxy) is 1. The zero-order valence-corrected chi connectivity index (χ0v) is 19.5. The number of rotatable bonds is 6. The molecule has 2 fully saturated rings. The Morgan fingerprint density at radius 3 is 2.66 bits per heavy atom. The van der Waals surface area contributed by atoms with Gasteiger partial charge in [-0.2, -0.15) is 25.0 Å². The second-order valence-electron chi connectivity index (χ2n) is 8.58. The van der Waals surface area contributed by atoms with E-state index in [1.54, 1.807) is 6.07 Å². The fourth-order valence-corrected chi connectivity index (χ4v) is 3.95. The number of hydrazone groups is 1. The van der Waals surface area contributed by atoms with Gasteiger partial charge in [0.1, 0.15) is 11.6 Å². The molecule has 0 amide bonds. The number of aryl methyl sites for hydroxylation is 2. The van der Waals surface area contributed by atoms with Crippen LogP contribution in [0.15, 0.2) is 11.2 Å². The zero-order valence-electron chi connectivity index (χ0n) is 19.5. The van der Waals surface area contributed by atoms with Crippen LogP contribution in [-0.2, 0) is 6.42 Å². The van der Waals surface area contributed by atoms with Gasteiger partial charge in [-0.25, -0.2) is 4.98 Å². The van der Waals surface area contributed by atoms with Gasteiger partial charge in [-0.3, -0.25) is 5.43 Å². The number of likely N-dealkylation sites (N-methyl/N-ethyl adjacent to an activating group) is 1. The lowest BCUT2D eigenvalue weighted by atomic mass is 9.89. The largest absolute Gasteiger partial charge is 0.405 e. The maximum atomic E-state index is 5.97. The predicted octanol–water partition coefficient (Wildman–Crippen LogP) is 3.05. The van der Waals surface area contributed by atoms with Crippen LogP contribution >= 0.6 is 0 Å². The van der Waals surface area contributed by atoms with Crippen molar-refractivity contribution in [1.82, 2.24) is 29.8 Å². The number of hydrogen-bond acceptors (Lipinski definition) is 10. The van der Waals surface area contributed by atoms with E-state index in [1.807, 2.05) is 13.8 Å². The molecular formula is C22H33N9O. The highest BCUT2D eigenvalue weighted by Gasteiger charge is 2.19. The van der Waals surface area contributed by atoms with Gasteiger partial charge in [0.25, 0.3) is 0 Å². The third-order valence-corrected chi connectivity index (χ3v) is 5.97. The first-order valence-corrected chi connectivity index (χ1v) is 11.5. The highest BCUT2D eigenvalue weighted by molar-refractivity contribution is 5.87. The summed E-state index contributed by atoms with van der Waals surface area (Å²) in [6, 6.07) is 1.98. The molecule has 10 heteroatoms. The van der Waals surface area contributed by atoms with Crippen molar-refractivity contribution in [2.45, 2.75) is 52.9 Å². The van der Waals surface area contributed by atoms with Crippen LogP contribution in [0.2, 0.25) is 0 Å². The molecule has 10 nitrogen and oxygen atoms in total. The van der Waals surface area contributed by atoms with Crippen molar-refractivity contribution >= 4 is 17.5 Å². The lowest BCUT2D eigenvalue weighted by Crippen LogP contribution is -2.45. The minimum atomic E-state index is 0.252. The Bertz CT molecular complexity index is 956. The number of piperazine rings is 1. The quantitative estimate of drug-likeness (QED) is 0.680. The molecule has 2 aliphatic rings. The molecule has 3 heterocycles. The Kier molecular flexibility index (Phi) is 7.09. The summed E-state index contributed by atoms with van der Waals surface area (Å²) in [7, 11) is 2.12. The normalized spacial score (nSPS) is 21.1. The summed E-state index contributed by atoms with van der Waals surface area (Å²) in [5.74, 6) is 3.43. The van der Waals surface area contributed by atoms with E-state index < -0.39 is 0 Å². The molecule has 2 aromatic heterocycles. The topological polar surface area (TPSA) is 105 Å². The molecule has 1 aliphatic carbocycles. The Morgan fingerprint density at radius 2 is 1.91 bits per heavy atom. The van der Waals surface area contributed by atoms with Crippen LogP contribution < -0.4 is 15.1 Å². The lowest BCUT2D eigenvalue weighted by molar-refractivity contribution is 0.310. The van der Waals surface area contributed by atoms with E-state index in [2.05, 4.69) is 59.2 Å². The monoisotopic (exact) mass is 439 g/mol. The van der Waals surface area contributed by atoms with E-state index in [-0.39, 0.29) is 6.01 Å². The lowest BCUT2D eigenvalue weighted by Gasteiger charge is -2.32. The zero-order chi connectivity index (χ0) is 22.5. The summed E-state index contributed by atoms with van der Waals surface area (Å²) < 4.78 is 5.97. The highest BCUT2D eigenvalue weighted by atomic mass is 16.5. The first-order valence-electron chi connectivity index (χ1n) is 11.5. The molecule has 0 aromatic carbocycles. The molecule has 172 valence electrons. The van der Waals surface area contributed by atoms with Crippen molar-refractivity contribution in [1.29, 1.82) is 0 Å². The molecule has 32 heavy (non-hydrogen) atoms. The van der Waals surface area contributed by atoms with Crippen LogP contribution in [-0.4, -0.2) is 68.8 Å². The number of anilines is 2. The van der Waals surface area contributed by atoms with E-state index >= 15 is 0 Å². The number of nitrogens with one attached hydrogen (secondary N) is 1. The summed E-state index contributed by atoms with van der Waals surface area (Å²) in [6.07, 6.45) is 5.38. The molecule has 1 saturated carbocycles. The van der Waals surface area contributed by atoms with Crippen LogP contribution in [0.4, 0.5) is 11.8 Å². The average Bonchev–Trinajstić information content (AvgIpc) is 2.78. The van der Waals surface area contributed by atoms with Gasteiger partial charge in [-0.1, -0.05) is 20.3 Å². The van der Waals surface area contributed by atoms with Gasteiger partial charge in [0.2, 0.25) is 11.8 Å². The van der Waals surface area contributed by atoms with Gasteiger partial charge < -0.3 is 14.5 Å². The second-order valence-corrected chi connectivity index (χ2v) is 8.58. The van der Waals surface area contributed by atoms with Crippen molar-refractivity contribution in [3.05, 3.63) is 17.7 Å². The minimum absolute atomic E-state index is 0.252. The van der Waals surface area contributed by atoms with Gasteiger partial charge >= 0.3 is 6.01 Å². The van der Waals surface area contributed by atoms with Crippen molar-refractivity contribution in [3.8, 4) is 11.9 Å². The van der Waals surface area contributed by atoms with Crippen molar-refractivity contribution in [2.24, 2.45) is 11.0 Å². The van der Waals surface area contributed by atoms with Gasteiger partial charge in [-0.05, 0) is 39.2 Å². The van der Waals surface area contributed by atoms with Crippen molar-refractivity contribution < 1.29 is 4.74 Å². The van der Waals surface area contributed by atoms with Crippen LogP contribution in [0.5, 0.6) is 11.9 Å². The number of aromatic nitrogens is 5. The Morgan fingerprint density at radius 1 is 1.09 bits per heavy atom.